The second-order valence-corrected chi connectivity index (χ2v) is 7.18. The fraction of sp³-hybridized carbons (Fsp3) is 0.182. The van der Waals surface area contributed by atoms with E-state index in [9.17, 15) is 14.4 Å². The first kappa shape index (κ1) is 21.4. The van der Waals surface area contributed by atoms with E-state index in [1.165, 1.54) is 14.2 Å². The van der Waals surface area contributed by atoms with Crippen LogP contribution in [0.4, 0.5) is 0 Å². The minimum Gasteiger partial charge on any atom is -0.467 e. The van der Waals surface area contributed by atoms with Crippen LogP contribution in [0.15, 0.2) is 75.2 Å². The smallest absolute Gasteiger partial charge is 0.343 e. The van der Waals surface area contributed by atoms with Gasteiger partial charge in [0.25, 0.3) is 0 Å². The summed E-state index contributed by atoms with van der Waals surface area (Å²) in [7, 11) is 3.53. The van der Waals surface area contributed by atoms with Crippen molar-refractivity contribution in [1.29, 1.82) is 0 Å². The van der Waals surface area contributed by atoms with Gasteiger partial charge in [0.05, 0.1) is 38.2 Å². The highest BCUT2D eigenvalue weighted by molar-refractivity contribution is 9.10. The van der Waals surface area contributed by atoms with Crippen LogP contribution in [0.5, 0.6) is 0 Å². The first-order valence-corrected chi connectivity index (χ1v) is 9.61. The van der Waals surface area contributed by atoms with Gasteiger partial charge in [-0.3, -0.25) is 4.99 Å². The van der Waals surface area contributed by atoms with Crippen LogP contribution in [-0.2, 0) is 34.1 Å². The van der Waals surface area contributed by atoms with Gasteiger partial charge in [0.1, 0.15) is 0 Å². The normalized spacial score (nSPS) is 17.9. The van der Waals surface area contributed by atoms with E-state index < -0.39 is 23.4 Å². The molecule has 2 aromatic rings. The minimum absolute atomic E-state index is 0.129. The molecule has 1 atom stereocenters. The summed E-state index contributed by atoms with van der Waals surface area (Å²) in [6.07, 6.45) is 0. The molecule has 0 radical (unpaired) electrons. The van der Waals surface area contributed by atoms with Gasteiger partial charge in [-0.15, -0.1) is 0 Å². The van der Waals surface area contributed by atoms with E-state index in [1.807, 2.05) is 0 Å². The van der Waals surface area contributed by atoms with Gasteiger partial charge in [0.15, 0.2) is 0 Å². The van der Waals surface area contributed by atoms with E-state index in [2.05, 4.69) is 20.9 Å². The van der Waals surface area contributed by atoms with Gasteiger partial charge in [-0.2, -0.15) is 0 Å². The average Bonchev–Trinajstić information content (AvgIpc) is 3.15. The van der Waals surface area contributed by atoms with Crippen molar-refractivity contribution >= 4 is 39.5 Å². The molecule has 0 aliphatic carbocycles. The van der Waals surface area contributed by atoms with Crippen molar-refractivity contribution < 1.29 is 28.6 Å². The van der Waals surface area contributed by atoms with Gasteiger partial charge in [-0.25, -0.2) is 14.4 Å². The molecular weight excluding hydrogens is 454 g/mol. The molecule has 7 nitrogen and oxygen atoms in total. The Morgan fingerprint density at radius 3 is 1.97 bits per heavy atom. The first-order valence-electron chi connectivity index (χ1n) is 8.82. The van der Waals surface area contributed by atoms with Crippen LogP contribution in [0.1, 0.15) is 11.1 Å². The van der Waals surface area contributed by atoms with Crippen LogP contribution in [0, 0.1) is 0 Å². The Bertz CT molecular complexity index is 1060. The zero-order valence-electron chi connectivity index (χ0n) is 16.5. The van der Waals surface area contributed by atoms with Gasteiger partial charge >= 0.3 is 17.9 Å². The maximum atomic E-state index is 13.1. The maximum Gasteiger partial charge on any atom is 0.343 e. The molecule has 0 bridgehead atoms. The number of hydrogen-bond acceptors (Lipinski definition) is 7. The Labute approximate surface area is 181 Å². The fourth-order valence-electron chi connectivity index (χ4n) is 3.35. The molecule has 30 heavy (non-hydrogen) atoms. The third kappa shape index (κ3) is 3.43. The molecule has 8 heteroatoms. The zero-order chi connectivity index (χ0) is 21.9. The van der Waals surface area contributed by atoms with Crippen LogP contribution in [0.2, 0.25) is 0 Å². The van der Waals surface area contributed by atoms with Gasteiger partial charge in [0, 0.05) is 10.0 Å². The lowest BCUT2D eigenvalue weighted by Crippen LogP contribution is -2.39. The molecule has 2 aromatic carbocycles. The number of halogens is 1. The topological polar surface area (TPSA) is 91.3 Å². The summed E-state index contributed by atoms with van der Waals surface area (Å²) in [5, 5.41) is 0. The number of rotatable bonds is 5. The predicted octanol–water partition coefficient (Wildman–Crippen LogP) is 2.96. The van der Waals surface area contributed by atoms with Crippen molar-refractivity contribution in [2.24, 2.45) is 4.99 Å². The largest absolute Gasteiger partial charge is 0.467 e. The van der Waals surface area contributed by atoms with Crippen molar-refractivity contribution in [3.63, 3.8) is 0 Å². The number of hydrogen-bond donors (Lipinski definition) is 0. The van der Waals surface area contributed by atoms with E-state index in [0.717, 1.165) is 11.6 Å². The number of benzene rings is 2. The van der Waals surface area contributed by atoms with Crippen LogP contribution >= 0.6 is 15.9 Å². The summed E-state index contributed by atoms with van der Waals surface area (Å²) < 4.78 is 15.7. The van der Waals surface area contributed by atoms with Gasteiger partial charge in [-0.1, -0.05) is 58.4 Å². The van der Waals surface area contributed by atoms with Crippen molar-refractivity contribution in [2.75, 3.05) is 21.3 Å². The summed E-state index contributed by atoms with van der Waals surface area (Å²) >= 11 is 3.36. The van der Waals surface area contributed by atoms with Gasteiger partial charge in [0.2, 0.25) is 5.54 Å². The third-order valence-corrected chi connectivity index (χ3v) is 5.23. The minimum atomic E-state index is -1.92. The second-order valence-electron chi connectivity index (χ2n) is 6.27. The highest BCUT2D eigenvalue weighted by Crippen LogP contribution is 2.44. The molecule has 0 spiro atoms. The van der Waals surface area contributed by atoms with E-state index in [1.54, 1.807) is 54.6 Å². The molecule has 1 aliphatic heterocycles. The Morgan fingerprint density at radius 2 is 1.43 bits per heavy atom. The Hall–Kier alpha value is -3.26. The molecule has 1 aliphatic rings. The quantitative estimate of drug-likeness (QED) is 0.491. The number of carbonyl (C=O) groups excluding carboxylic acids is 3. The monoisotopic (exact) mass is 471 g/mol. The number of nitrogens with zero attached hydrogens (tertiary/aromatic N) is 1. The molecule has 154 valence electrons. The van der Waals surface area contributed by atoms with E-state index in [4.69, 9.17) is 14.2 Å². The van der Waals surface area contributed by atoms with Crippen LogP contribution in [-0.4, -0.2) is 44.9 Å². The van der Waals surface area contributed by atoms with Crippen molar-refractivity contribution in [1.82, 2.24) is 0 Å². The van der Waals surface area contributed by atoms with Gasteiger partial charge < -0.3 is 14.2 Å². The van der Waals surface area contributed by atoms with Crippen LogP contribution in [0.3, 0.4) is 0 Å². The lowest BCUT2D eigenvalue weighted by molar-refractivity contribution is -0.149. The number of esters is 3. The number of carbonyl (C=O) groups is 3. The number of ether oxygens (including phenoxy) is 3. The molecule has 3 rings (SSSR count). The molecule has 0 fully saturated rings. The summed E-state index contributed by atoms with van der Waals surface area (Å²) in [6.45, 7) is 0. The Kier molecular flexibility index (Phi) is 6.17. The molecule has 0 aromatic heterocycles. The maximum absolute atomic E-state index is 13.1. The average molecular weight is 472 g/mol. The van der Waals surface area contributed by atoms with E-state index >= 15 is 0 Å². The van der Waals surface area contributed by atoms with Crippen molar-refractivity contribution in [2.45, 2.75) is 5.54 Å². The van der Waals surface area contributed by atoms with Crippen molar-refractivity contribution in [3.8, 4) is 0 Å². The highest BCUT2D eigenvalue weighted by atomic mass is 79.9. The number of methoxy groups -OCH3 is 3. The molecule has 0 N–H and O–H groups in total. The van der Waals surface area contributed by atoms with Crippen LogP contribution < -0.4 is 0 Å². The summed E-state index contributed by atoms with van der Waals surface area (Å²) in [4.78, 5) is 43.4. The van der Waals surface area contributed by atoms with Crippen LogP contribution in [0.25, 0.3) is 0 Å². The Morgan fingerprint density at radius 1 is 0.833 bits per heavy atom. The second kappa shape index (κ2) is 8.62. The lowest BCUT2D eigenvalue weighted by atomic mass is 9.82. The van der Waals surface area contributed by atoms with E-state index in [0.29, 0.717) is 11.1 Å². The summed E-state index contributed by atoms with van der Waals surface area (Å²) in [5.41, 5.74) is -1.33. The molecule has 0 amide bonds. The fourth-order valence-corrected chi connectivity index (χ4v) is 3.61. The zero-order valence-corrected chi connectivity index (χ0v) is 18.1. The standard InChI is InChI=1S/C22H18BrNO6/c1-28-19(25)16-17(20(26)29-2)22(21(27)30-3,14-7-5-4-6-8-14)24-18(16)13-9-11-15(23)12-10-13/h4-12H,1-3H3. The summed E-state index contributed by atoms with van der Waals surface area (Å²) in [6, 6.07) is 15.3. The SMILES string of the molecule is COC(=O)C1=C(C(=O)OC)C(C(=O)OC)(c2ccccc2)N=C1c1ccc(Br)cc1. The molecule has 0 saturated heterocycles. The molecular formula is C22H18BrNO6. The first-order chi connectivity index (χ1) is 14.4. The molecule has 1 unspecified atom stereocenters. The van der Waals surface area contributed by atoms with E-state index in [-0.39, 0.29) is 16.9 Å². The number of aliphatic imine (C=N–C) groups is 1. The molecule has 1 heterocycles. The summed E-state index contributed by atoms with van der Waals surface area (Å²) in [5.74, 6) is -2.54. The molecule has 0 saturated carbocycles. The van der Waals surface area contributed by atoms with Crippen molar-refractivity contribution in [3.05, 3.63) is 81.3 Å². The predicted molar refractivity (Wildman–Crippen MR) is 112 cm³/mol. The lowest BCUT2D eigenvalue weighted by Gasteiger charge is -2.26. The third-order valence-electron chi connectivity index (χ3n) is 4.70. The Balaban J connectivity index is 2.45. The highest BCUT2D eigenvalue weighted by Gasteiger charge is 2.56. The van der Waals surface area contributed by atoms with Gasteiger partial charge in [-0.05, 0) is 17.7 Å².